The zero-order valence-electron chi connectivity index (χ0n) is 9.60. The number of esters is 2. The third kappa shape index (κ3) is 3.85. The molecule has 1 rings (SSSR count). The van der Waals surface area contributed by atoms with E-state index in [0.717, 1.165) is 10.0 Å². The molecule has 1 aromatic carbocycles. The zero-order chi connectivity index (χ0) is 12.8. The van der Waals surface area contributed by atoms with Crippen molar-refractivity contribution in [3.8, 4) is 0 Å². The summed E-state index contributed by atoms with van der Waals surface area (Å²) in [4.78, 5) is 22.9. The second-order valence-electron chi connectivity index (χ2n) is 3.41. The van der Waals surface area contributed by atoms with Gasteiger partial charge in [-0.25, -0.2) is 0 Å². The van der Waals surface area contributed by atoms with Crippen molar-refractivity contribution in [1.29, 1.82) is 0 Å². The number of rotatable bonds is 4. The molecule has 0 spiro atoms. The van der Waals surface area contributed by atoms with Crippen molar-refractivity contribution in [2.24, 2.45) is 0 Å². The molecule has 0 N–H and O–H groups in total. The third-order valence-electron chi connectivity index (χ3n) is 2.36. The minimum atomic E-state index is -0.624. The number of hydrogen-bond acceptors (Lipinski definition) is 4. The van der Waals surface area contributed by atoms with Crippen LogP contribution in [-0.2, 0) is 19.1 Å². The molecule has 0 fully saturated rings. The molecule has 0 bridgehead atoms. The van der Waals surface area contributed by atoms with E-state index in [1.54, 1.807) is 12.1 Å². The number of ether oxygens (including phenoxy) is 2. The van der Waals surface area contributed by atoms with Crippen LogP contribution in [0.4, 0.5) is 0 Å². The molecule has 1 atom stereocenters. The maximum absolute atomic E-state index is 11.6. The van der Waals surface area contributed by atoms with E-state index >= 15 is 0 Å². The van der Waals surface area contributed by atoms with Crippen molar-refractivity contribution in [2.75, 3.05) is 14.2 Å². The largest absolute Gasteiger partial charge is 0.469 e. The molecule has 0 unspecified atom stereocenters. The van der Waals surface area contributed by atoms with Crippen molar-refractivity contribution >= 4 is 27.9 Å². The van der Waals surface area contributed by atoms with Crippen molar-refractivity contribution in [1.82, 2.24) is 0 Å². The Balaban J connectivity index is 2.93. The van der Waals surface area contributed by atoms with Crippen molar-refractivity contribution < 1.29 is 19.1 Å². The fourth-order valence-corrected chi connectivity index (χ4v) is 1.69. The van der Waals surface area contributed by atoms with Crippen molar-refractivity contribution in [2.45, 2.75) is 12.3 Å². The summed E-state index contributed by atoms with van der Waals surface area (Å²) in [6.45, 7) is 0. The standard InChI is InChI=1S/C12H13BrO4/c1-16-11(14)7-10(12(15)17-2)8-3-5-9(13)6-4-8/h3-6,10H,7H2,1-2H3/t10-/m1/s1. The Morgan fingerprint density at radius 1 is 1.18 bits per heavy atom. The Bertz CT molecular complexity index is 399. The van der Waals surface area contributed by atoms with Gasteiger partial charge in [0.1, 0.15) is 0 Å². The predicted octanol–water partition coefficient (Wildman–Crippen LogP) is 2.27. The minimum Gasteiger partial charge on any atom is -0.469 e. The highest BCUT2D eigenvalue weighted by atomic mass is 79.9. The average molecular weight is 301 g/mol. The molecule has 0 aliphatic heterocycles. The Kier molecular flexibility index (Phi) is 5.15. The van der Waals surface area contributed by atoms with E-state index in [1.807, 2.05) is 12.1 Å². The average Bonchev–Trinajstić information content (AvgIpc) is 2.36. The molecule has 0 heterocycles. The molecule has 92 valence electrons. The van der Waals surface area contributed by atoms with Gasteiger partial charge in [-0.3, -0.25) is 9.59 Å². The van der Waals surface area contributed by atoms with Gasteiger partial charge in [0.2, 0.25) is 0 Å². The molecule has 0 saturated carbocycles. The summed E-state index contributed by atoms with van der Waals surface area (Å²) in [6, 6.07) is 7.16. The Morgan fingerprint density at radius 3 is 2.24 bits per heavy atom. The van der Waals surface area contributed by atoms with Crippen LogP contribution in [0.2, 0.25) is 0 Å². The van der Waals surface area contributed by atoms with Crippen LogP contribution in [0.15, 0.2) is 28.7 Å². The van der Waals surface area contributed by atoms with Gasteiger partial charge in [0.25, 0.3) is 0 Å². The number of halogens is 1. The van der Waals surface area contributed by atoms with E-state index in [-0.39, 0.29) is 6.42 Å². The Labute approximate surface area is 108 Å². The quantitative estimate of drug-likeness (QED) is 0.801. The van der Waals surface area contributed by atoms with Crippen LogP contribution in [0.25, 0.3) is 0 Å². The van der Waals surface area contributed by atoms with Crippen molar-refractivity contribution in [3.63, 3.8) is 0 Å². The molecule has 0 radical (unpaired) electrons. The molecule has 5 heteroatoms. The monoisotopic (exact) mass is 300 g/mol. The summed E-state index contributed by atoms with van der Waals surface area (Å²) < 4.78 is 10.2. The van der Waals surface area contributed by atoms with Crippen LogP contribution in [-0.4, -0.2) is 26.2 Å². The molecule has 0 aliphatic carbocycles. The molecule has 17 heavy (non-hydrogen) atoms. The van der Waals surface area contributed by atoms with Crippen LogP contribution in [0.5, 0.6) is 0 Å². The summed E-state index contributed by atoms with van der Waals surface area (Å²) >= 11 is 3.31. The van der Waals surface area contributed by atoms with E-state index in [9.17, 15) is 9.59 Å². The molecular formula is C12H13BrO4. The normalized spacial score (nSPS) is 11.7. The van der Waals surface area contributed by atoms with E-state index in [4.69, 9.17) is 0 Å². The summed E-state index contributed by atoms with van der Waals surface area (Å²) in [5.41, 5.74) is 0.727. The highest BCUT2D eigenvalue weighted by Gasteiger charge is 2.24. The highest BCUT2D eigenvalue weighted by molar-refractivity contribution is 9.10. The lowest BCUT2D eigenvalue weighted by atomic mass is 9.96. The molecular weight excluding hydrogens is 288 g/mol. The summed E-state index contributed by atoms with van der Waals surface area (Å²) in [5.74, 6) is -1.51. The van der Waals surface area contributed by atoms with Crippen LogP contribution in [0.1, 0.15) is 17.9 Å². The first kappa shape index (κ1) is 13.7. The summed E-state index contributed by atoms with van der Waals surface area (Å²) in [6.07, 6.45) is -0.0230. The first-order chi connectivity index (χ1) is 8.08. The molecule has 0 saturated heterocycles. The summed E-state index contributed by atoms with van der Waals surface area (Å²) in [5, 5.41) is 0. The van der Waals surface area contributed by atoms with Crippen LogP contribution >= 0.6 is 15.9 Å². The SMILES string of the molecule is COC(=O)C[C@@H](C(=O)OC)c1ccc(Br)cc1. The van der Waals surface area contributed by atoms with E-state index in [1.165, 1.54) is 14.2 Å². The van der Waals surface area contributed by atoms with Gasteiger partial charge in [-0.2, -0.15) is 0 Å². The Morgan fingerprint density at radius 2 is 1.76 bits per heavy atom. The predicted molar refractivity (Wildman–Crippen MR) is 65.5 cm³/mol. The van der Waals surface area contributed by atoms with Gasteiger partial charge < -0.3 is 9.47 Å². The van der Waals surface area contributed by atoms with Crippen LogP contribution < -0.4 is 0 Å². The van der Waals surface area contributed by atoms with E-state index < -0.39 is 17.9 Å². The number of hydrogen-bond donors (Lipinski definition) is 0. The second kappa shape index (κ2) is 6.39. The number of carbonyl (C=O) groups is 2. The Hall–Kier alpha value is -1.36. The summed E-state index contributed by atoms with van der Waals surface area (Å²) in [7, 11) is 2.59. The topological polar surface area (TPSA) is 52.6 Å². The molecule has 4 nitrogen and oxygen atoms in total. The number of methoxy groups -OCH3 is 2. The van der Waals surface area contributed by atoms with Gasteiger partial charge >= 0.3 is 11.9 Å². The van der Waals surface area contributed by atoms with Gasteiger partial charge in [0.15, 0.2) is 0 Å². The smallest absolute Gasteiger partial charge is 0.313 e. The van der Waals surface area contributed by atoms with Crippen LogP contribution in [0, 0.1) is 0 Å². The van der Waals surface area contributed by atoms with Gasteiger partial charge in [-0.05, 0) is 17.7 Å². The fraction of sp³-hybridized carbons (Fsp3) is 0.333. The van der Waals surface area contributed by atoms with E-state index in [2.05, 4.69) is 25.4 Å². The van der Waals surface area contributed by atoms with Gasteiger partial charge in [0, 0.05) is 4.47 Å². The maximum atomic E-state index is 11.6. The second-order valence-corrected chi connectivity index (χ2v) is 4.32. The molecule has 0 amide bonds. The first-order valence-corrected chi connectivity index (χ1v) is 5.78. The lowest BCUT2D eigenvalue weighted by molar-refractivity contribution is -0.149. The maximum Gasteiger partial charge on any atom is 0.313 e. The number of benzene rings is 1. The fourth-order valence-electron chi connectivity index (χ4n) is 1.42. The van der Waals surface area contributed by atoms with Crippen LogP contribution in [0.3, 0.4) is 0 Å². The number of carbonyl (C=O) groups excluding carboxylic acids is 2. The third-order valence-corrected chi connectivity index (χ3v) is 2.89. The molecule has 1 aromatic rings. The highest BCUT2D eigenvalue weighted by Crippen LogP contribution is 2.23. The van der Waals surface area contributed by atoms with Gasteiger partial charge in [-0.1, -0.05) is 28.1 Å². The van der Waals surface area contributed by atoms with Gasteiger partial charge in [0.05, 0.1) is 26.6 Å². The molecule has 0 aromatic heterocycles. The van der Waals surface area contributed by atoms with Crippen molar-refractivity contribution in [3.05, 3.63) is 34.3 Å². The lowest BCUT2D eigenvalue weighted by Gasteiger charge is -2.13. The zero-order valence-corrected chi connectivity index (χ0v) is 11.2. The molecule has 0 aliphatic rings. The van der Waals surface area contributed by atoms with E-state index in [0.29, 0.717) is 0 Å². The van der Waals surface area contributed by atoms with Gasteiger partial charge in [-0.15, -0.1) is 0 Å². The first-order valence-electron chi connectivity index (χ1n) is 4.98. The minimum absolute atomic E-state index is 0.0230. The lowest BCUT2D eigenvalue weighted by Crippen LogP contribution is -2.18.